The van der Waals surface area contributed by atoms with Gasteiger partial charge in [0.2, 0.25) is 0 Å². The van der Waals surface area contributed by atoms with Crippen LogP contribution in [0, 0.1) is 6.92 Å². The monoisotopic (exact) mass is 481 g/mol. The van der Waals surface area contributed by atoms with Crippen molar-refractivity contribution >= 4 is 34.9 Å². The molecule has 0 aromatic heterocycles. The number of methoxy groups -OCH3 is 1. The van der Waals surface area contributed by atoms with E-state index in [9.17, 15) is 4.79 Å². The minimum atomic E-state index is -0.481. The quantitative estimate of drug-likeness (QED) is 0.567. The number of anilines is 3. The third-order valence-corrected chi connectivity index (χ3v) is 8.05. The smallest absolute Gasteiger partial charge is 0.410 e. The van der Waals surface area contributed by atoms with E-state index in [0.717, 1.165) is 48.0 Å². The van der Waals surface area contributed by atoms with Gasteiger partial charge in [0.05, 0.1) is 12.8 Å². The highest BCUT2D eigenvalue weighted by molar-refractivity contribution is 7.99. The van der Waals surface area contributed by atoms with Gasteiger partial charge in [-0.15, -0.1) is 11.8 Å². The second-order valence-corrected chi connectivity index (χ2v) is 11.6. The molecule has 0 bridgehead atoms. The largest absolute Gasteiger partial charge is 0.497 e. The minimum Gasteiger partial charge on any atom is -0.497 e. The number of hydrogen-bond acceptors (Lipinski definition) is 6. The zero-order valence-electron chi connectivity index (χ0n) is 20.8. The van der Waals surface area contributed by atoms with Gasteiger partial charge in [-0.2, -0.15) is 0 Å². The highest BCUT2D eigenvalue weighted by Crippen LogP contribution is 2.52. The highest BCUT2D eigenvalue weighted by atomic mass is 32.2. The molecular weight excluding hydrogens is 446 g/mol. The van der Waals surface area contributed by atoms with Crippen molar-refractivity contribution in [2.45, 2.75) is 63.0 Å². The molecule has 7 heteroatoms. The van der Waals surface area contributed by atoms with Crippen molar-refractivity contribution in [3.8, 4) is 5.75 Å². The lowest BCUT2D eigenvalue weighted by molar-refractivity contribution is 0.0189. The fourth-order valence-electron chi connectivity index (χ4n) is 5.43. The molecule has 34 heavy (non-hydrogen) atoms. The molecule has 1 fully saturated rings. The van der Waals surface area contributed by atoms with Crippen LogP contribution < -0.4 is 15.0 Å². The number of aryl methyl sites for hydroxylation is 1. The molecule has 1 N–H and O–H groups in total. The standard InChI is InChI=1S/C27H35N3O3S/c1-17-13-19(32-5)7-8-22(17)28-18-14-20-21-16-29(26(31)33-27(2,3)4)11-9-23(21)30-10-6-12-34-24(15-18)25(20)30/h7-8,13-15,21,23,28H,6,9-12,16H2,1-5H3/t21-,23-/m0/s1. The summed E-state index contributed by atoms with van der Waals surface area (Å²) in [5, 5.41) is 3.66. The molecular formula is C27H35N3O3S. The van der Waals surface area contributed by atoms with Crippen LogP contribution in [0.2, 0.25) is 0 Å². The number of benzene rings is 2. The van der Waals surface area contributed by atoms with Crippen molar-refractivity contribution in [1.82, 2.24) is 4.90 Å². The molecule has 1 amide bonds. The molecule has 1 saturated heterocycles. The fourth-order valence-corrected chi connectivity index (χ4v) is 6.51. The maximum atomic E-state index is 12.9. The van der Waals surface area contributed by atoms with E-state index in [0.29, 0.717) is 18.5 Å². The lowest BCUT2D eigenvalue weighted by Crippen LogP contribution is -2.49. The second-order valence-electron chi connectivity index (χ2n) is 10.5. The Hall–Kier alpha value is -2.54. The molecule has 5 rings (SSSR count). The van der Waals surface area contributed by atoms with Gasteiger partial charge >= 0.3 is 6.09 Å². The molecule has 2 aromatic carbocycles. The molecule has 0 aliphatic carbocycles. The predicted octanol–water partition coefficient (Wildman–Crippen LogP) is 6.16. The molecule has 0 spiro atoms. The zero-order chi connectivity index (χ0) is 24.0. The van der Waals surface area contributed by atoms with Crippen molar-refractivity contribution in [2.24, 2.45) is 0 Å². The van der Waals surface area contributed by atoms with Crippen LogP contribution in [-0.2, 0) is 4.74 Å². The van der Waals surface area contributed by atoms with Gasteiger partial charge in [-0.05, 0) is 87.7 Å². The first-order valence-electron chi connectivity index (χ1n) is 12.2. The summed E-state index contributed by atoms with van der Waals surface area (Å²) in [7, 11) is 1.69. The Bertz CT molecular complexity index is 1100. The van der Waals surface area contributed by atoms with E-state index in [4.69, 9.17) is 9.47 Å². The molecule has 6 nitrogen and oxygen atoms in total. The first-order valence-corrected chi connectivity index (χ1v) is 13.2. The van der Waals surface area contributed by atoms with Crippen molar-refractivity contribution in [3.05, 3.63) is 41.5 Å². The molecule has 2 aromatic rings. The number of nitrogens with zero attached hydrogens (tertiary/aromatic N) is 2. The fraction of sp³-hybridized carbons (Fsp3) is 0.519. The van der Waals surface area contributed by atoms with Crippen LogP contribution in [0.4, 0.5) is 21.9 Å². The van der Waals surface area contributed by atoms with Gasteiger partial charge in [-0.1, -0.05) is 0 Å². The van der Waals surface area contributed by atoms with Crippen molar-refractivity contribution in [2.75, 3.05) is 42.7 Å². The molecule has 2 atom stereocenters. The molecule has 3 heterocycles. The Morgan fingerprint density at radius 1 is 1.18 bits per heavy atom. The van der Waals surface area contributed by atoms with Crippen molar-refractivity contribution in [1.29, 1.82) is 0 Å². The van der Waals surface area contributed by atoms with Gasteiger partial charge in [-0.3, -0.25) is 0 Å². The summed E-state index contributed by atoms with van der Waals surface area (Å²) in [5.41, 5.74) is 5.60. The van der Waals surface area contributed by atoms with Gasteiger partial charge in [-0.25, -0.2) is 4.79 Å². The van der Waals surface area contributed by atoms with E-state index in [-0.39, 0.29) is 6.09 Å². The third-order valence-electron chi connectivity index (χ3n) is 6.93. The number of carbonyl (C=O) groups excluding carboxylic acids is 1. The van der Waals surface area contributed by atoms with E-state index in [2.05, 4.69) is 41.4 Å². The first kappa shape index (κ1) is 23.2. The van der Waals surface area contributed by atoms with Gasteiger partial charge in [0, 0.05) is 47.9 Å². The van der Waals surface area contributed by atoms with Crippen LogP contribution in [0.15, 0.2) is 35.2 Å². The maximum absolute atomic E-state index is 12.9. The van der Waals surface area contributed by atoms with E-state index in [1.807, 2.05) is 43.5 Å². The number of piperidine rings is 1. The number of thioether (sulfide) groups is 1. The Morgan fingerprint density at radius 3 is 2.74 bits per heavy atom. The molecule has 3 aliphatic heterocycles. The number of hydrogen-bond donors (Lipinski definition) is 1. The maximum Gasteiger partial charge on any atom is 0.410 e. The number of amides is 1. The van der Waals surface area contributed by atoms with E-state index < -0.39 is 5.60 Å². The second kappa shape index (κ2) is 8.91. The molecule has 0 unspecified atom stereocenters. The summed E-state index contributed by atoms with van der Waals surface area (Å²) < 4.78 is 11.1. The SMILES string of the molecule is COc1ccc(Nc2cc3c4c(c2)[C@@H]2CN(C(=O)OC(C)(C)C)CC[C@@H]2N4CCCS3)c(C)c1. The number of fused-ring (bicyclic) bond motifs is 3. The summed E-state index contributed by atoms with van der Waals surface area (Å²) >= 11 is 1.96. The average Bonchev–Trinajstić information content (AvgIpc) is 2.94. The normalized spacial score (nSPS) is 21.4. The average molecular weight is 482 g/mol. The Morgan fingerprint density at radius 2 is 2.00 bits per heavy atom. The minimum absolute atomic E-state index is 0.198. The van der Waals surface area contributed by atoms with Crippen LogP contribution in [0.5, 0.6) is 5.75 Å². The van der Waals surface area contributed by atoms with Gasteiger partial charge in [0.25, 0.3) is 0 Å². The molecule has 0 saturated carbocycles. The predicted molar refractivity (Wildman–Crippen MR) is 139 cm³/mol. The number of nitrogens with one attached hydrogen (secondary N) is 1. The summed E-state index contributed by atoms with van der Waals surface area (Å²) in [5.74, 6) is 2.30. The Kier molecular flexibility index (Phi) is 6.09. The number of carbonyl (C=O) groups is 1. The summed E-state index contributed by atoms with van der Waals surface area (Å²) in [6.45, 7) is 10.4. The molecule has 3 aliphatic rings. The summed E-state index contributed by atoms with van der Waals surface area (Å²) in [6, 6.07) is 11.2. The lowest BCUT2D eigenvalue weighted by Gasteiger charge is -2.39. The van der Waals surface area contributed by atoms with Gasteiger partial charge < -0.3 is 24.6 Å². The number of ether oxygens (including phenoxy) is 2. The lowest BCUT2D eigenvalue weighted by atomic mass is 9.89. The first-order chi connectivity index (χ1) is 16.2. The van der Waals surface area contributed by atoms with Crippen LogP contribution in [0.25, 0.3) is 0 Å². The zero-order valence-corrected chi connectivity index (χ0v) is 21.6. The highest BCUT2D eigenvalue weighted by Gasteiger charge is 2.45. The van der Waals surface area contributed by atoms with Crippen LogP contribution >= 0.6 is 11.8 Å². The van der Waals surface area contributed by atoms with Crippen LogP contribution in [0.1, 0.15) is 50.7 Å². The number of likely N-dealkylation sites (tertiary alicyclic amines) is 1. The topological polar surface area (TPSA) is 54.0 Å². The van der Waals surface area contributed by atoms with E-state index in [1.165, 1.54) is 22.6 Å². The Labute approximate surface area is 207 Å². The van der Waals surface area contributed by atoms with Gasteiger partial charge in [0.15, 0.2) is 0 Å². The molecule has 182 valence electrons. The van der Waals surface area contributed by atoms with Crippen molar-refractivity contribution < 1.29 is 14.3 Å². The molecule has 0 radical (unpaired) electrons. The summed E-state index contributed by atoms with van der Waals surface area (Å²) in [6.07, 6.45) is 1.96. The Balaban J connectivity index is 1.47. The van der Waals surface area contributed by atoms with Crippen LogP contribution in [0.3, 0.4) is 0 Å². The van der Waals surface area contributed by atoms with E-state index >= 15 is 0 Å². The van der Waals surface area contributed by atoms with Gasteiger partial charge in [0.1, 0.15) is 11.4 Å². The summed E-state index contributed by atoms with van der Waals surface area (Å²) in [4.78, 5) is 18.7. The van der Waals surface area contributed by atoms with Crippen molar-refractivity contribution in [3.63, 3.8) is 0 Å². The third kappa shape index (κ3) is 4.42. The number of rotatable bonds is 3. The van der Waals surface area contributed by atoms with Crippen LogP contribution in [-0.4, -0.2) is 55.1 Å². The van der Waals surface area contributed by atoms with E-state index in [1.54, 1.807) is 7.11 Å².